The van der Waals surface area contributed by atoms with E-state index in [0.29, 0.717) is 12.0 Å². The molecular formula is C11H18O. The van der Waals surface area contributed by atoms with Crippen molar-refractivity contribution in [1.29, 1.82) is 0 Å². The van der Waals surface area contributed by atoms with Gasteiger partial charge < -0.3 is 5.11 Å². The van der Waals surface area contributed by atoms with Crippen molar-refractivity contribution in [1.82, 2.24) is 0 Å². The van der Waals surface area contributed by atoms with Gasteiger partial charge in [0.25, 0.3) is 0 Å². The summed E-state index contributed by atoms with van der Waals surface area (Å²) in [5, 5.41) is 9.07. The Labute approximate surface area is 74.5 Å². The van der Waals surface area contributed by atoms with Crippen molar-refractivity contribution in [2.24, 2.45) is 5.41 Å². The van der Waals surface area contributed by atoms with E-state index in [-0.39, 0.29) is 0 Å². The first-order chi connectivity index (χ1) is 5.85. The zero-order chi connectivity index (χ0) is 8.44. The Morgan fingerprint density at radius 2 is 2.00 bits per heavy atom. The Morgan fingerprint density at radius 3 is 2.67 bits per heavy atom. The van der Waals surface area contributed by atoms with Gasteiger partial charge in [-0.2, -0.15) is 0 Å². The lowest BCUT2D eigenvalue weighted by Gasteiger charge is -2.33. The summed E-state index contributed by atoms with van der Waals surface area (Å²) in [4.78, 5) is 0. The lowest BCUT2D eigenvalue weighted by molar-refractivity contribution is 0.234. The topological polar surface area (TPSA) is 20.2 Å². The highest BCUT2D eigenvalue weighted by molar-refractivity contribution is 5.11. The van der Waals surface area contributed by atoms with Gasteiger partial charge >= 0.3 is 0 Å². The molecule has 12 heavy (non-hydrogen) atoms. The highest BCUT2D eigenvalue weighted by atomic mass is 16.3. The van der Waals surface area contributed by atoms with Crippen molar-refractivity contribution in [3.05, 3.63) is 11.6 Å². The van der Waals surface area contributed by atoms with E-state index in [1.54, 1.807) is 0 Å². The summed E-state index contributed by atoms with van der Waals surface area (Å²) in [5.74, 6) is 0. The average molecular weight is 166 g/mol. The molecule has 0 unspecified atom stereocenters. The predicted molar refractivity (Wildman–Crippen MR) is 49.9 cm³/mol. The third-order valence-corrected chi connectivity index (χ3v) is 3.58. The predicted octanol–water partition coefficient (Wildman–Crippen LogP) is 2.65. The lowest BCUT2D eigenvalue weighted by Crippen LogP contribution is -2.21. The van der Waals surface area contributed by atoms with E-state index in [1.165, 1.54) is 50.5 Å². The maximum absolute atomic E-state index is 9.07. The smallest absolute Gasteiger partial charge is 0.0641 e. The monoisotopic (exact) mass is 166 g/mol. The largest absolute Gasteiger partial charge is 0.392 e. The minimum Gasteiger partial charge on any atom is -0.392 e. The SMILES string of the molecule is OCC1=CCCC2(CCCC2)C1. The highest BCUT2D eigenvalue weighted by Gasteiger charge is 2.35. The van der Waals surface area contributed by atoms with Crippen LogP contribution in [0.15, 0.2) is 11.6 Å². The maximum Gasteiger partial charge on any atom is 0.0641 e. The molecule has 1 nitrogen and oxygen atoms in total. The summed E-state index contributed by atoms with van der Waals surface area (Å²) in [6, 6.07) is 0. The lowest BCUT2D eigenvalue weighted by atomic mass is 9.73. The van der Waals surface area contributed by atoms with Gasteiger partial charge in [0, 0.05) is 0 Å². The number of hydrogen-bond acceptors (Lipinski definition) is 1. The zero-order valence-electron chi connectivity index (χ0n) is 7.68. The van der Waals surface area contributed by atoms with Crippen LogP contribution in [0.2, 0.25) is 0 Å². The van der Waals surface area contributed by atoms with Crippen molar-refractivity contribution in [2.75, 3.05) is 6.61 Å². The number of allylic oxidation sites excluding steroid dienone is 1. The molecule has 1 heteroatoms. The minimum atomic E-state index is 0.293. The molecule has 0 radical (unpaired) electrons. The van der Waals surface area contributed by atoms with Crippen LogP contribution in [-0.4, -0.2) is 11.7 Å². The number of rotatable bonds is 1. The van der Waals surface area contributed by atoms with Gasteiger partial charge in [-0.25, -0.2) is 0 Å². The third kappa shape index (κ3) is 1.42. The minimum absolute atomic E-state index is 0.293. The fraction of sp³-hybridized carbons (Fsp3) is 0.818. The summed E-state index contributed by atoms with van der Waals surface area (Å²) >= 11 is 0. The van der Waals surface area contributed by atoms with Gasteiger partial charge in [0.2, 0.25) is 0 Å². The first-order valence-electron chi connectivity index (χ1n) is 5.13. The van der Waals surface area contributed by atoms with Crippen molar-refractivity contribution >= 4 is 0 Å². The molecule has 0 saturated heterocycles. The van der Waals surface area contributed by atoms with E-state index in [0.717, 1.165) is 0 Å². The molecule has 1 saturated carbocycles. The molecule has 68 valence electrons. The van der Waals surface area contributed by atoms with Gasteiger partial charge in [0.1, 0.15) is 0 Å². The number of aliphatic hydroxyl groups excluding tert-OH is 1. The molecular weight excluding hydrogens is 148 g/mol. The molecule has 2 rings (SSSR count). The van der Waals surface area contributed by atoms with E-state index in [9.17, 15) is 0 Å². The molecule has 0 aromatic carbocycles. The zero-order valence-corrected chi connectivity index (χ0v) is 7.68. The first kappa shape index (κ1) is 8.31. The Hall–Kier alpha value is -0.300. The summed E-state index contributed by atoms with van der Waals surface area (Å²) in [5.41, 5.74) is 1.91. The molecule has 0 aromatic heterocycles. The molecule has 2 aliphatic carbocycles. The van der Waals surface area contributed by atoms with Crippen LogP contribution in [-0.2, 0) is 0 Å². The summed E-state index contributed by atoms with van der Waals surface area (Å²) in [7, 11) is 0. The molecule has 0 heterocycles. The Balaban J connectivity index is 2.06. The van der Waals surface area contributed by atoms with Crippen molar-refractivity contribution in [2.45, 2.75) is 44.9 Å². The molecule has 0 bridgehead atoms. The van der Waals surface area contributed by atoms with Crippen molar-refractivity contribution in [3.8, 4) is 0 Å². The summed E-state index contributed by atoms with van der Waals surface area (Å²) < 4.78 is 0. The molecule has 2 aliphatic rings. The fourth-order valence-electron chi connectivity index (χ4n) is 2.90. The molecule has 1 N–H and O–H groups in total. The standard InChI is InChI=1S/C11H18O/c12-9-10-4-3-7-11(8-10)5-1-2-6-11/h4,12H,1-3,5-9H2. The van der Waals surface area contributed by atoms with Crippen LogP contribution in [0.5, 0.6) is 0 Å². The molecule has 0 aliphatic heterocycles. The second-order valence-electron chi connectivity index (χ2n) is 4.44. The number of hydrogen-bond donors (Lipinski definition) is 1. The van der Waals surface area contributed by atoms with Crippen LogP contribution in [0.25, 0.3) is 0 Å². The van der Waals surface area contributed by atoms with Crippen LogP contribution < -0.4 is 0 Å². The Kier molecular flexibility index (Phi) is 2.22. The fourth-order valence-corrected chi connectivity index (χ4v) is 2.90. The Bertz CT molecular complexity index is 187. The van der Waals surface area contributed by atoms with Gasteiger partial charge in [-0.1, -0.05) is 18.9 Å². The summed E-state index contributed by atoms with van der Waals surface area (Å²) in [6.45, 7) is 0.293. The second-order valence-corrected chi connectivity index (χ2v) is 4.44. The quantitative estimate of drug-likeness (QED) is 0.594. The van der Waals surface area contributed by atoms with Crippen LogP contribution in [0.3, 0.4) is 0 Å². The molecule has 0 aromatic rings. The van der Waals surface area contributed by atoms with Gasteiger partial charge in [-0.05, 0) is 43.1 Å². The maximum atomic E-state index is 9.07. The van der Waals surface area contributed by atoms with Crippen LogP contribution in [0.4, 0.5) is 0 Å². The van der Waals surface area contributed by atoms with Crippen molar-refractivity contribution in [3.63, 3.8) is 0 Å². The molecule has 0 amide bonds. The van der Waals surface area contributed by atoms with Gasteiger partial charge in [0.05, 0.1) is 6.61 Å². The normalized spacial score (nSPS) is 27.6. The third-order valence-electron chi connectivity index (χ3n) is 3.58. The van der Waals surface area contributed by atoms with Gasteiger partial charge in [-0.15, -0.1) is 0 Å². The average Bonchev–Trinajstić information content (AvgIpc) is 2.53. The Morgan fingerprint density at radius 1 is 1.25 bits per heavy atom. The van der Waals surface area contributed by atoms with Crippen LogP contribution in [0, 0.1) is 5.41 Å². The van der Waals surface area contributed by atoms with E-state index in [1.807, 2.05) is 0 Å². The van der Waals surface area contributed by atoms with Crippen LogP contribution >= 0.6 is 0 Å². The molecule has 1 fully saturated rings. The summed E-state index contributed by atoms with van der Waals surface area (Å²) in [6.07, 6.45) is 11.6. The van der Waals surface area contributed by atoms with Gasteiger partial charge in [0.15, 0.2) is 0 Å². The molecule has 1 spiro atoms. The number of aliphatic hydroxyl groups is 1. The molecule has 0 atom stereocenters. The highest BCUT2D eigenvalue weighted by Crippen LogP contribution is 2.48. The van der Waals surface area contributed by atoms with E-state index in [2.05, 4.69) is 6.08 Å². The second kappa shape index (κ2) is 3.21. The van der Waals surface area contributed by atoms with Gasteiger partial charge in [-0.3, -0.25) is 0 Å². The van der Waals surface area contributed by atoms with E-state index >= 15 is 0 Å². The van der Waals surface area contributed by atoms with Crippen LogP contribution in [0.1, 0.15) is 44.9 Å². The first-order valence-corrected chi connectivity index (χ1v) is 5.13. The van der Waals surface area contributed by atoms with E-state index < -0.39 is 0 Å². The van der Waals surface area contributed by atoms with E-state index in [4.69, 9.17) is 5.11 Å². The van der Waals surface area contributed by atoms with Crippen molar-refractivity contribution < 1.29 is 5.11 Å².